The number of nitrogens with zero attached hydrogens (tertiary/aromatic N) is 4. The molecule has 0 spiro atoms. The van der Waals surface area contributed by atoms with E-state index in [2.05, 4.69) is 65.4 Å². The average Bonchev–Trinajstić information content (AvgIpc) is 2.94. The summed E-state index contributed by atoms with van der Waals surface area (Å²) in [5.74, 6) is 1.35. The maximum Gasteiger partial charge on any atom is 0.227 e. The quantitative estimate of drug-likeness (QED) is 0.752. The highest BCUT2D eigenvalue weighted by atomic mass is 15.3. The summed E-state index contributed by atoms with van der Waals surface area (Å²) in [6.45, 7) is 6.52. The Bertz CT molecular complexity index is 835. The number of fused-ring (bicyclic) bond motifs is 1. The highest BCUT2D eigenvalue weighted by Crippen LogP contribution is 2.27. The number of hydrogen-bond donors (Lipinski definition) is 2. The van der Waals surface area contributed by atoms with Gasteiger partial charge in [-0.2, -0.15) is 15.1 Å². The van der Waals surface area contributed by atoms with E-state index < -0.39 is 0 Å². The Balaban J connectivity index is 1.94. The molecule has 0 aliphatic heterocycles. The molecule has 0 bridgehead atoms. The summed E-state index contributed by atoms with van der Waals surface area (Å²) in [5.41, 5.74) is 9.33. The molecule has 0 aliphatic carbocycles. The van der Waals surface area contributed by atoms with Crippen molar-refractivity contribution in [2.45, 2.75) is 33.2 Å². The number of nitrogens with one attached hydrogen (secondary N) is 1. The summed E-state index contributed by atoms with van der Waals surface area (Å²) in [4.78, 5) is 8.97. The van der Waals surface area contributed by atoms with Crippen molar-refractivity contribution in [1.29, 1.82) is 0 Å². The Hall–Kier alpha value is -2.63. The number of nitrogens with two attached hydrogens (primary N) is 1. The Morgan fingerprint density at radius 2 is 1.88 bits per heavy atom. The number of hydrogen-bond acceptors (Lipinski definition) is 5. The second kappa shape index (κ2) is 6.47. The predicted molar refractivity (Wildman–Crippen MR) is 97.7 cm³/mol. The zero-order valence-electron chi connectivity index (χ0n) is 14.6. The van der Waals surface area contributed by atoms with E-state index in [1.165, 1.54) is 11.1 Å². The first-order chi connectivity index (χ1) is 11.5. The van der Waals surface area contributed by atoms with Crippen molar-refractivity contribution < 1.29 is 0 Å². The van der Waals surface area contributed by atoms with Crippen LogP contribution in [-0.2, 0) is 13.5 Å². The van der Waals surface area contributed by atoms with Crippen LogP contribution in [0.15, 0.2) is 30.5 Å². The monoisotopic (exact) mass is 324 g/mol. The zero-order valence-corrected chi connectivity index (χ0v) is 14.6. The van der Waals surface area contributed by atoms with E-state index in [0.717, 1.165) is 17.5 Å². The molecule has 2 heterocycles. The third-order valence-corrected chi connectivity index (χ3v) is 4.32. The van der Waals surface area contributed by atoms with E-state index in [-0.39, 0.29) is 6.04 Å². The fourth-order valence-electron chi connectivity index (χ4n) is 2.84. The maximum atomic E-state index is 6.05. The molecule has 0 radical (unpaired) electrons. The second-order valence-corrected chi connectivity index (χ2v) is 6.40. The van der Waals surface area contributed by atoms with E-state index in [1.807, 2.05) is 7.05 Å². The topological polar surface area (TPSA) is 81.6 Å². The van der Waals surface area contributed by atoms with Gasteiger partial charge in [0.15, 0.2) is 5.65 Å². The fraction of sp³-hybridized carbons (Fsp3) is 0.389. The third-order valence-electron chi connectivity index (χ3n) is 4.32. The fourth-order valence-corrected chi connectivity index (χ4v) is 2.84. The molecule has 1 atom stereocenters. The molecular formula is C18H24N6. The van der Waals surface area contributed by atoms with E-state index in [1.54, 1.807) is 10.9 Å². The molecular weight excluding hydrogens is 300 g/mol. The molecule has 3 N–H and O–H groups in total. The third kappa shape index (κ3) is 3.04. The van der Waals surface area contributed by atoms with Gasteiger partial charge < -0.3 is 11.1 Å². The lowest BCUT2D eigenvalue weighted by Crippen LogP contribution is -2.19. The van der Waals surface area contributed by atoms with Crippen LogP contribution in [0.4, 0.5) is 11.8 Å². The molecule has 3 aromatic rings. The Labute approximate surface area is 142 Å². The van der Waals surface area contributed by atoms with Crippen LogP contribution in [0.25, 0.3) is 11.0 Å². The van der Waals surface area contributed by atoms with E-state index >= 15 is 0 Å². The van der Waals surface area contributed by atoms with E-state index in [4.69, 9.17) is 5.73 Å². The van der Waals surface area contributed by atoms with Crippen molar-refractivity contribution in [2.24, 2.45) is 13.0 Å². The normalized spacial score (nSPS) is 12.7. The average molecular weight is 324 g/mol. The number of nitrogen functional groups attached to an aromatic ring is 1. The number of rotatable bonds is 5. The van der Waals surface area contributed by atoms with Gasteiger partial charge in [0.1, 0.15) is 5.82 Å². The largest absolute Gasteiger partial charge is 0.383 e. The molecule has 24 heavy (non-hydrogen) atoms. The summed E-state index contributed by atoms with van der Waals surface area (Å²) >= 11 is 0. The van der Waals surface area contributed by atoms with Gasteiger partial charge >= 0.3 is 0 Å². The minimum absolute atomic E-state index is 0.112. The molecule has 0 amide bonds. The molecule has 0 saturated carbocycles. The molecule has 6 nitrogen and oxygen atoms in total. The van der Waals surface area contributed by atoms with Crippen LogP contribution in [0.2, 0.25) is 0 Å². The van der Waals surface area contributed by atoms with Crippen molar-refractivity contribution in [1.82, 2.24) is 19.7 Å². The predicted octanol–water partition coefficient (Wildman–Crippen LogP) is 3.32. The van der Waals surface area contributed by atoms with Gasteiger partial charge in [0.25, 0.3) is 0 Å². The molecule has 126 valence electrons. The molecule has 2 aromatic heterocycles. The zero-order chi connectivity index (χ0) is 17.3. The van der Waals surface area contributed by atoms with Gasteiger partial charge in [-0.15, -0.1) is 0 Å². The summed E-state index contributed by atoms with van der Waals surface area (Å²) in [6, 6.07) is 8.80. The first-order valence-corrected chi connectivity index (χ1v) is 8.30. The van der Waals surface area contributed by atoms with Crippen LogP contribution >= 0.6 is 0 Å². The summed E-state index contributed by atoms with van der Waals surface area (Å²) in [6.07, 6.45) is 2.73. The van der Waals surface area contributed by atoms with Crippen LogP contribution in [0, 0.1) is 5.92 Å². The highest BCUT2D eigenvalue weighted by molar-refractivity contribution is 5.86. The van der Waals surface area contributed by atoms with Gasteiger partial charge in [-0.05, 0) is 23.5 Å². The summed E-state index contributed by atoms with van der Waals surface area (Å²) < 4.78 is 1.71. The van der Waals surface area contributed by atoms with Gasteiger partial charge in [0.2, 0.25) is 5.95 Å². The van der Waals surface area contributed by atoms with Gasteiger partial charge in [0.05, 0.1) is 17.6 Å². The lowest BCUT2D eigenvalue weighted by atomic mass is 9.95. The van der Waals surface area contributed by atoms with Crippen LogP contribution in [0.1, 0.15) is 37.9 Å². The standard InChI is InChI=1S/C18H24N6/c1-5-12-6-8-13(9-7-12)15(11(2)3)21-18-22-16(19)14-10-20-24(4)17(14)23-18/h6-11,15H,5H2,1-4H3,(H3,19,21,22,23). The van der Waals surface area contributed by atoms with Crippen LogP contribution in [-0.4, -0.2) is 19.7 Å². The highest BCUT2D eigenvalue weighted by Gasteiger charge is 2.18. The molecule has 0 fully saturated rings. The minimum atomic E-state index is 0.112. The lowest BCUT2D eigenvalue weighted by Gasteiger charge is -2.23. The minimum Gasteiger partial charge on any atom is -0.383 e. The molecule has 6 heteroatoms. The van der Waals surface area contributed by atoms with Crippen molar-refractivity contribution in [2.75, 3.05) is 11.1 Å². The van der Waals surface area contributed by atoms with Gasteiger partial charge in [-0.25, -0.2) is 0 Å². The molecule has 0 saturated heterocycles. The first kappa shape index (κ1) is 16.2. The Kier molecular flexibility index (Phi) is 4.38. The van der Waals surface area contributed by atoms with Gasteiger partial charge in [-0.1, -0.05) is 45.0 Å². The van der Waals surface area contributed by atoms with Crippen LogP contribution in [0.5, 0.6) is 0 Å². The second-order valence-electron chi connectivity index (χ2n) is 6.40. The smallest absolute Gasteiger partial charge is 0.227 e. The van der Waals surface area contributed by atoms with Crippen molar-refractivity contribution in [3.63, 3.8) is 0 Å². The van der Waals surface area contributed by atoms with E-state index in [0.29, 0.717) is 17.7 Å². The number of anilines is 2. The van der Waals surface area contributed by atoms with Crippen LogP contribution in [0.3, 0.4) is 0 Å². The van der Waals surface area contributed by atoms with Crippen molar-refractivity contribution >= 4 is 22.8 Å². The first-order valence-electron chi connectivity index (χ1n) is 8.30. The Morgan fingerprint density at radius 1 is 1.17 bits per heavy atom. The SMILES string of the molecule is CCc1ccc(C(Nc2nc(N)c3cnn(C)c3n2)C(C)C)cc1. The molecule has 3 rings (SSSR count). The molecule has 0 aliphatic rings. The van der Waals surface area contributed by atoms with E-state index in [9.17, 15) is 0 Å². The number of aryl methyl sites for hydroxylation is 2. The van der Waals surface area contributed by atoms with Gasteiger partial charge in [-0.3, -0.25) is 4.68 Å². The van der Waals surface area contributed by atoms with Crippen molar-refractivity contribution in [3.8, 4) is 0 Å². The van der Waals surface area contributed by atoms with Gasteiger partial charge in [0, 0.05) is 7.05 Å². The van der Waals surface area contributed by atoms with Crippen LogP contribution < -0.4 is 11.1 Å². The summed E-state index contributed by atoms with van der Waals surface area (Å²) in [5, 5.41) is 8.41. The van der Waals surface area contributed by atoms with Crippen molar-refractivity contribution in [3.05, 3.63) is 41.6 Å². The Morgan fingerprint density at radius 3 is 2.50 bits per heavy atom. The maximum absolute atomic E-state index is 6.05. The lowest BCUT2D eigenvalue weighted by molar-refractivity contribution is 0.543. The molecule has 1 aromatic carbocycles. The summed E-state index contributed by atoms with van der Waals surface area (Å²) in [7, 11) is 1.85. The number of benzene rings is 1. The number of aromatic nitrogens is 4. The molecule has 1 unspecified atom stereocenters.